The lowest BCUT2D eigenvalue weighted by molar-refractivity contribution is -0.142. The van der Waals surface area contributed by atoms with Gasteiger partial charge in [0.05, 0.1) is 0 Å². The lowest BCUT2D eigenvalue weighted by atomic mass is 9.78. The second kappa shape index (κ2) is 5.64. The van der Waals surface area contributed by atoms with Crippen molar-refractivity contribution in [1.29, 1.82) is 0 Å². The van der Waals surface area contributed by atoms with Crippen molar-refractivity contribution in [2.45, 2.75) is 64.1 Å². The highest BCUT2D eigenvalue weighted by Crippen LogP contribution is 2.31. The number of rotatable bonds is 1. The molecule has 20 heavy (non-hydrogen) atoms. The van der Waals surface area contributed by atoms with Crippen molar-refractivity contribution in [3.8, 4) is 0 Å². The van der Waals surface area contributed by atoms with Gasteiger partial charge in [-0.2, -0.15) is 0 Å². The Morgan fingerprint density at radius 1 is 1.15 bits per heavy atom. The van der Waals surface area contributed by atoms with E-state index in [0.29, 0.717) is 23.9 Å². The van der Waals surface area contributed by atoms with Gasteiger partial charge in [0.2, 0.25) is 5.91 Å². The summed E-state index contributed by atoms with van der Waals surface area (Å²) in [6.07, 6.45) is 5.58. The highest BCUT2D eigenvalue weighted by molar-refractivity contribution is 5.79. The maximum Gasteiger partial charge on any atom is 0.226 e. The molecule has 1 saturated carbocycles. The molecule has 1 aliphatic carbocycles. The van der Waals surface area contributed by atoms with Gasteiger partial charge >= 0.3 is 0 Å². The average molecular weight is 279 g/mol. The van der Waals surface area contributed by atoms with Crippen LogP contribution in [0.3, 0.4) is 0 Å². The van der Waals surface area contributed by atoms with Gasteiger partial charge in [-0.05, 0) is 51.5 Å². The summed E-state index contributed by atoms with van der Waals surface area (Å²) in [6, 6.07) is 1.19. The number of fused-ring (bicyclic) bond motifs is 1. The van der Waals surface area contributed by atoms with Crippen LogP contribution in [0.4, 0.5) is 0 Å². The Hall–Kier alpha value is -0.610. The van der Waals surface area contributed by atoms with Crippen LogP contribution >= 0.6 is 0 Å². The second-order valence-electron chi connectivity index (χ2n) is 7.28. The molecule has 2 heterocycles. The summed E-state index contributed by atoms with van der Waals surface area (Å²) in [4.78, 5) is 17.6. The predicted molar refractivity (Wildman–Crippen MR) is 80.3 cm³/mol. The summed E-state index contributed by atoms with van der Waals surface area (Å²) in [5.41, 5.74) is 6.18. The lowest BCUT2D eigenvalue weighted by Crippen LogP contribution is -2.58. The molecular weight excluding hydrogens is 250 g/mol. The molecule has 0 spiro atoms. The van der Waals surface area contributed by atoms with Crippen molar-refractivity contribution in [2.24, 2.45) is 17.6 Å². The summed E-state index contributed by atoms with van der Waals surface area (Å²) in [5.74, 6) is 1.13. The van der Waals surface area contributed by atoms with E-state index in [4.69, 9.17) is 5.73 Å². The Kier molecular flexibility index (Phi) is 4.04. The van der Waals surface area contributed by atoms with E-state index in [0.717, 1.165) is 32.4 Å². The van der Waals surface area contributed by atoms with Crippen molar-refractivity contribution >= 4 is 5.91 Å². The number of hydrogen-bond acceptors (Lipinski definition) is 3. The molecular formula is C16H29N3O. The molecule has 1 amide bonds. The fraction of sp³-hybridized carbons (Fsp3) is 0.938. The smallest absolute Gasteiger partial charge is 0.226 e. The number of carbonyl (C=O) groups excluding carboxylic acids is 1. The Morgan fingerprint density at radius 3 is 2.70 bits per heavy atom. The predicted octanol–water partition coefficient (Wildman–Crippen LogP) is 1.45. The van der Waals surface area contributed by atoms with Crippen molar-refractivity contribution in [3.63, 3.8) is 0 Å². The Bertz CT molecular complexity index is 373. The van der Waals surface area contributed by atoms with E-state index >= 15 is 0 Å². The van der Waals surface area contributed by atoms with E-state index in [1.165, 1.54) is 19.4 Å². The van der Waals surface area contributed by atoms with Crippen LogP contribution in [0.2, 0.25) is 0 Å². The normalized spacial score (nSPS) is 42.5. The summed E-state index contributed by atoms with van der Waals surface area (Å²) in [6.45, 7) is 7.65. The Morgan fingerprint density at radius 2 is 1.95 bits per heavy atom. The van der Waals surface area contributed by atoms with Crippen LogP contribution in [0.1, 0.15) is 46.0 Å². The monoisotopic (exact) mass is 279 g/mol. The molecule has 4 nitrogen and oxygen atoms in total. The second-order valence-corrected chi connectivity index (χ2v) is 7.28. The number of nitrogens with two attached hydrogens (primary N) is 1. The molecule has 4 heteroatoms. The van der Waals surface area contributed by atoms with Crippen LogP contribution in [-0.2, 0) is 4.79 Å². The van der Waals surface area contributed by atoms with E-state index in [-0.39, 0.29) is 12.0 Å². The first kappa shape index (κ1) is 14.3. The van der Waals surface area contributed by atoms with Crippen molar-refractivity contribution in [2.75, 3.05) is 19.6 Å². The van der Waals surface area contributed by atoms with Crippen LogP contribution in [0.15, 0.2) is 0 Å². The van der Waals surface area contributed by atoms with Crippen LogP contribution < -0.4 is 5.73 Å². The van der Waals surface area contributed by atoms with E-state index in [1.54, 1.807) is 0 Å². The van der Waals surface area contributed by atoms with Crippen LogP contribution in [-0.4, -0.2) is 53.5 Å². The molecule has 5 unspecified atom stereocenters. The first-order valence-corrected chi connectivity index (χ1v) is 8.36. The van der Waals surface area contributed by atoms with Gasteiger partial charge in [0, 0.05) is 37.1 Å². The average Bonchev–Trinajstić information content (AvgIpc) is 2.87. The molecule has 0 aromatic carbocycles. The van der Waals surface area contributed by atoms with Crippen LogP contribution in [0.25, 0.3) is 0 Å². The molecule has 0 aromatic heterocycles. The lowest BCUT2D eigenvalue weighted by Gasteiger charge is -2.44. The fourth-order valence-corrected chi connectivity index (χ4v) is 4.31. The number of piperazine rings is 1. The van der Waals surface area contributed by atoms with Gasteiger partial charge in [0.25, 0.3) is 0 Å². The number of nitrogens with zero attached hydrogens (tertiary/aromatic N) is 2. The number of carbonyl (C=O) groups is 1. The molecule has 114 valence electrons. The minimum atomic E-state index is 0.177. The Balaban J connectivity index is 1.64. The summed E-state index contributed by atoms with van der Waals surface area (Å²) in [5, 5.41) is 0. The molecule has 3 rings (SSSR count). The minimum absolute atomic E-state index is 0.177. The van der Waals surface area contributed by atoms with Gasteiger partial charge in [-0.1, -0.05) is 6.92 Å². The first-order valence-electron chi connectivity index (χ1n) is 8.36. The molecule has 0 bridgehead atoms. The van der Waals surface area contributed by atoms with E-state index in [2.05, 4.69) is 23.6 Å². The quantitative estimate of drug-likeness (QED) is 0.790. The van der Waals surface area contributed by atoms with Crippen LogP contribution in [0.5, 0.6) is 0 Å². The Labute approximate surface area is 122 Å². The zero-order chi connectivity index (χ0) is 14.3. The first-order chi connectivity index (χ1) is 9.56. The summed E-state index contributed by atoms with van der Waals surface area (Å²) in [7, 11) is 0. The zero-order valence-corrected chi connectivity index (χ0v) is 12.9. The van der Waals surface area contributed by atoms with Gasteiger partial charge in [0.15, 0.2) is 0 Å². The maximum absolute atomic E-state index is 12.9. The molecule has 2 saturated heterocycles. The van der Waals surface area contributed by atoms with Gasteiger partial charge in [-0.3, -0.25) is 9.69 Å². The third-order valence-electron chi connectivity index (χ3n) is 5.83. The topological polar surface area (TPSA) is 49.6 Å². The van der Waals surface area contributed by atoms with E-state index in [1.807, 2.05) is 0 Å². The number of hydrogen-bond donors (Lipinski definition) is 1. The maximum atomic E-state index is 12.9. The third-order valence-corrected chi connectivity index (χ3v) is 5.83. The molecule has 3 fully saturated rings. The molecule has 3 aliphatic rings. The summed E-state index contributed by atoms with van der Waals surface area (Å²) >= 11 is 0. The molecule has 0 aromatic rings. The molecule has 5 atom stereocenters. The standard InChI is InChI=1S/C16H29N3O/c1-11-5-6-13(8-15(11)17)16(20)19-10-14-4-3-7-18(14)9-12(19)2/h11-15H,3-10,17H2,1-2H3. The molecule has 2 aliphatic heterocycles. The van der Waals surface area contributed by atoms with E-state index in [9.17, 15) is 4.79 Å². The third kappa shape index (κ3) is 2.60. The SMILES string of the molecule is CC1CCC(C(=O)N2CC3CCCN3CC2C)CC1N. The zero-order valence-electron chi connectivity index (χ0n) is 12.9. The largest absolute Gasteiger partial charge is 0.337 e. The van der Waals surface area contributed by atoms with Gasteiger partial charge in [0.1, 0.15) is 0 Å². The van der Waals surface area contributed by atoms with E-state index < -0.39 is 0 Å². The highest BCUT2D eigenvalue weighted by Gasteiger charge is 2.39. The fourth-order valence-electron chi connectivity index (χ4n) is 4.31. The number of amides is 1. The molecule has 0 radical (unpaired) electrons. The minimum Gasteiger partial charge on any atom is -0.337 e. The van der Waals surface area contributed by atoms with Crippen molar-refractivity contribution in [1.82, 2.24) is 9.80 Å². The van der Waals surface area contributed by atoms with Crippen molar-refractivity contribution in [3.05, 3.63) is 0 Å². The van der Waals surface area contributed by atoms with Gasteiger partial charge in [-0.15, -0.1) is 0 Å². The van der Waals surface area contributed by atoms with Crippen molar-refractivity contribution < 1.29 is 4.79 Å². The van der Waals surface area contributed by atoms with Gasteiger partial charge < -0.3 is 10.6 Å². The van der Waals surface area contributed by atoms with Crippen LogP contribution in [0, 0.1) is 11.8 Å². The van der Waals surface area contributed by atoms with Gasteiger partial charge in [-0.25, -0.2) is 0 Å². The molecule has 2 N–H and O–H groups in total. The highest BCUT2D eigenvalue weighted by atomic mass is 16.2. The summed E-state index contributed by atoms with van der Waals surface area (Å²) < 4.78 is 0.